The highest BCUT2D eigenvalue weighted by Gasteiger charge is 2.21. The first-order valence-electron chi connectivity index (χ1n) is 10.0. The Balaban J connectivity index is 1.60. The molecule has 1 fully saturated rings. The maximum Gasteiger partial charge on any atom is 0.252 e. The van der Waals surface area contributed by atoms with Crippen LogP contribution in [0.5, 0.6) is 5.75 Å². The number of carbonyl (C=O) groups excluding carboxylic acids is 2. The molecule has 4 N–H and O–H groups in total. The minimum atomic E-state index is -1.10. The van der Waals surface area contributed by atoms with E-state index in [-0.39, 0.29) is 17.9 Å². The van der Waals surface area contributed by atoms with E-state index in [0.717, 1.165) is 27.8 Å². The van der Waals surface area contributed by atoms with Gasteiger partial charge < -0.3 is 25.6 Å². The Kier molecular flexibility index (Phi) is 8.64. The summed E-state index contributed by atoms with van der Waals surface area (Å²) in [5.41, 5.74) is 1.94. The van der Waals surface area contributed by atoms with E-state index in [1.807, 2.05) is 24.3 Å². The van der Waals surface area contributed by atoms with Gasteiger partial charge in [-0.3, -0.25) is 14.5 Å². The molecule has 2 amide bonds. The molecule has 0 spiro atoms. The fraction of sp³-hybridized carbons (Fsp3) is 0.364. The third-order valence-electron chi connectivity index (χ3n) is 4.91. The van der Waals surface area contributed by atoms with Crippen LogP contribution in [0.15, 0.2) is 42.5 Å². The number of aliphatic hydroxyl groups is 1. The lowest BCUT2D eigenvalue weighted by Gasteiger charge is -2.26. The van der Waals surface area contributed by atoms with Crippen molar-refractivity contribution in [2.24, 2.45) is 0 Å². The fourth-order valence-electron chi connectivity index (χ4n) is 3.31. The van der Waals surface area contributed by atoms with Gasteiger partial charge in [-0.05, 0) is 64.0 Å². The number of halogens is 1. The third kappa shape index (κ3) is 7.17. The first-order chi connectivity index (χ1) is 14.9. The van der Waals surface area contributed by atoms with Crippen molar-refractivity contribution in [3.05, 3.63) is 62.7 Å². The predicted octanol–water partition coefficient (Wildman–Crippen LogP) is 1.24. The molecular formula is C22H26IN3O5. The van der Waals surface area contributed by atoms with Crippen LogP contribution < -0.4 is 10.6 Å². The molecular weight excluding hydrogens is 513 g/mol. The zero-order valence-corrected chi connectivity index (χ0v) is 19.2. The number of nitrogens with zero attached hydrogens (tertiary/aromatic N) is 1. The number of rotatable bonds is 8. The number of benzene rings is 2. The SMILES string of the molecule is O=C(N[C@@H](CO)C(=O)NCc1cccc(I)c1)c1cc(O)cc(CN2CCOCC2)c1. The van der Waals surface area contributed by atoms with Crippen molar-refractivity contribution in [1.82, 2.24) is 15.5 Å². The van der Waals surface area contributed by atoms with Gasteiger partial charge in [0.1, 0.15) is 11.8 Å². The molecule has 3 rings (SSSR count). The number of aromatic hydroxyl groups is 1. The van der Waals surface area contributed by atoms with Gasteiger partial charge in [-0.15, -0.1) is 0 Å². The van der Waals surface area contributed by atoms with Gasteiger partial charge in [0.15, 0.2) is 0 Å². The second-order valence-electron chi connectivity index (χ2n) is 7.33. The van der Waals surface area contributed by atoms with E-state index in [1.54, 1.807) is 12.1 Å². The molecule has 0 aromatic heterocycles. The van der Waals surface area contributed by atoms with Gasteiger partial charge in [0.05, 0.1) is 19.8 Å². The van der Waals surface area contributed by atoms with Crippen LogP contribution in [0, 0.1) is 3.57 Å². The van der Waals surface area contributed by atoms with Crippen LogP contribution in [-0.2, 0) is 22.6 Å². The van der Waals surface area contributed by atoms with Crippen molar-refractivity contribution >= 4 is 34.4 Å². The van der Waals surface area contributed by atoms with E-state index in [2.05, 4.69) is 38.1 Å². The Bertz CT molecular complexity index is 918. The first-order valence-corrected chi connectivity index (χ1v) is 11.1. The summed E-state index contributed by atoms with van der Waals surface area (Å²) in [5, 5.41) is 24.9. The molecule has 1 aliphatic heterocycles. The monoisotopic (exact) mass is 539 g/mol. The summed E-state index contributed by atoms with van der Waals surface area (Å²) in [5.74, 6) is -1.05. The minimum absolute atomic E-state index is 0.0282. The summed E-state index contributed by atoms with van der Waals surface area (Å²) in [6.45, 7) is 3.21. The molecule has 0 bridgehead atoms. The number of carbonyl (C=O) groups is 2. The highest BCUT2D eigenvalue weighted by atomic mass is 127. The topological polar surface area (TPSA) is 111 Å². The zero-order valence-electron chi connectivity index (χ0n) is 17.0. The molecule has 166 valence electrons. The molecule has 1 aliphatic rings. The van der Waals surface area contributed by atoms with Crippen LogP contribution in [-0.4, -0.2) is 65.9 Å². The summed E-state index contributed by atoms with van der Waals surface area (Å²) < 4.78 is 6.39. The standard InChI is InChI=1S/C22H26IN3O5/c23-18-3-1-2-15(9-18)12-24-22(30)20(14-27)25-21(29)17-8-16(10-19(28)11-17)13-26-4-6-31-7-5-26/h1-3,8-11,20,27-28H,4-7,12-14H2,(H,24,30)(H,25,29)/t20-/m0/s1. The number of hydrogen-bond acceptors (Lipinski definition) is 6. The maximum atomic E-state index is 12.7. The normalized spacial score (nSPS) is 15.3. The van der Waals surface area contributed by atoms with Crippen molar-refractivity contribution in [1.29, 1.82) is 0 Å². The third-order valence-corrected chi connectivity index (χ3v) is 5.58. The van der Waals surface area contributed by atoms with Crippen molar-refractivity contribution in [3.8, 4) is 5.75 Å². The van der Waals surface area contributed by atoms with E-state index < -0.39 is 24.5 Å². The molecule has 31 heavy (non-hydrogen) atoms. The average molecular weight is 539 g/mol. The van der Waals surface area contributed by atoms with Crippen molar-refractivity contribution in [2.45, 2.75) is 19.1 Å². The molecule has 9 heteroatoms. The van der Waals surface area contributed by atoms with Gasteiger partial charge in [0.25, 0.3) is 5.91 Å². The number of aliphatic hydroxyl groups excluding tert-OH is 1. The molecule has 0 unspecified atom stereocenters. The lowest BCUT2D eigenvalue weighted by atomic mass is 10.1. The fourth-order valence-corrected chi connectivity index (χ4v) is 3.92. The van der Waals surface area contributed by atoms with E-state index in [0.29, 0.717) is 19.8 Å². The van der Waals surface area contributed by atoms with Crippen LogP contribution in [0.3, 0.4) is 0 Å². The number of nitrogens with one attached hydrogen (secondary N) is 2. The number of phenols is 1. The van der Waals surface area contributed by atoms with Gasteiger partial charge in [-0.25, -0.2) is 0 Å². The average Bonchev–Trinajstić information content (AvgIpc) is 2.76. The van der Waals surface area contributed by atoms with Gasteiger partial charge in [0.2, 0.25) is 5.91 Å². The van der Waals surface area contributed by atoms with Gasteiger partial charge in [-0.2, -0.15) is 0 Å². The van der Waals surface area contributed by atoms with E-state index in [1.165, 1.54) is 6.07 Å². The Labute approximate surface area is 194 Å². The Morgan fingerprint density at radius 1 is 1.13 bits per heavy atom. The quantitative estimate of drug-likeness (QED) is 0.376. The Morgan fingerprint density at radius 2 is 1.90 bits per heavy atom. The van der Waals surface area contributed by atoms with E-state index >= 15 is 0 Å². The first kappa shape index (κ1) is 23.5. The molecule has 0 aliphatic carbocycles. The molecule has 0 radical (unpaired) electrons. The summed E-state index contributed by atoms with van der Waals surface area (Å²) in [4.78, 5) is 27.3. The second-order valence-corrected chi connectivity index (χ2v) is 8.58. The maximum absolute atomic E-state index is 12.7. The molecule has 1 atom stereocenters. The minimum Gasteiger partial charge on any atom is -0.508 e. The smallest absolute Gasteiger partial charge is 0.252 e. The highest BCUT2D eigenvalue weighted by molar-refractivity contribution is 14.1. The molecule has 0 saturated carbocycles. The Morgan fingerprint density at radius 3 is 2.61 bits per heavy atom. The Hall–Kier alpha value is -2.21. The number of hydrogen-bond donors (Lipinski definition) is 4. The summed E-state index contributed by atoms with van der Waals surface area (Å²) >= 11 is 2.19. The van der Waals surface area contributed by atoms with Crippen molar-refractivity contribution in [3.63, 3.8) is 0 Å². The van der Waals surface area contributed by atoms with Gasteiger partial charge in [0, 0.05) is 35.3 Å². The summed E-state index contributed by atoms with van der Waals surface area (Å²) in [7, 11) is 0. The summed E-state index contributed by atoms with van der Waals surface area (Å²) in [6.07, 6.45) is 0. The van der Waals surface area contributed by atoms with Gasteiger partial charge >= 0.3 is 0 Å². The molecule has 1 heterocycles. The van der Waals surface area contributed by atoms with Crippen LogP contribution in [0.25, 0.3) is 0 Å². The molecule has 8 nitrogen and oxygen atoms in total. The summed E-state index contributed by atoms with van der Waals surface area (Å²) in [6, 6.07) is 11.2. The highest BCUT2D eigenvalue weighted by Crippen LogP contribution is 2.18. The lowest BCUT2D eigenvalue weighted by Crippen LogP contribution is -2.48. The number of amides is 2. The van der Waals surface area contributed by atoms with Crippen LogP contribution in [0.4, 0.5) is 0 Å². The molecule has 1 saturated heterocycles. The number of morpholine rings is 1. The van der Waals surface area contributed by atoms with Crippen molar-refractivity contribution < 1.29 is 24.5 Å². The predicted molar refractivity (Wildman–Crippen MR) is 124 cm³/mol. The second kappa shape index (κ2) is 11.4. The van der Waals surface area contributed by atoms with Crippen LogP contribution in [0.1, 0.15) is 21.5 Å². The van der Waals surface area contributed by atoms with Crippen LogP contribution >= 0.6 is 22.6 Å². The largest absolute Gasteiger partial charge is 0.508 e. The number of ether oxygens (including phenoxy) is 1. The van der Waals surface area contributed by atoms with E-state index in [9.17, 15) is 19.8 Å². The van der Waals surface area contributed by atoms with E-state index in [4.69, 9.17) is 4.74 Å². The van der Waals surface area contributed by atoms with Gasteiger partial charge in [-0.1, -0.05) is 12.1 Å². The number of phenolic OH excluding ortho intramolecular Hbond substituents is 1. The molecule has 2 aromatic rings. The van der Waals surface area contributed by atoms with Crippen molar-refractivity contribution in [2.75, 3.05) is 32.9 Å². The zero-order chi connectivity index (χ0) is 22.2. The molecule has 2 aromatic carbocycles. The van der Waals surface area contributed by atoms with Crippen LogP contribution in [0.2, 0.25) is 0 Å². The lowest BCUT2D eigenvalue weighted by molar-refractivity contribution is -0.124.